The number of para-hydroxylation sites is 2. The van der Waals surface area contributed by atoms with Gasteiger partial charge in [0.2, 0.25) is 6.10 Å². The van der Waals surface area contributed by atoms with E-state index in [0.29, 0.717) is 22.1 Å². The Morgan fingerprint density at radius 2 is 2.00 bits per heavy atom. The second-order valence-electron chi connectivity index (χ2n) is 6.90. The maximum absolute atomic E-state index is 12.3. The maximum atomic E-state index is 12.3. The molecule has 4 rings (SSSR count). The van der Waals surface area contributed by atoms with Gasteiger partial charge in [0.15, 0.2) is 18.1 Å². The van der Waals surface area contributed by atoms with Gasteiger partial charge in [0, 0.05) is 4.88 Å². The summed E-state index contributed by atoms with van der Waals surface area (Å²) >= 11 is 1.44. The molecule has 1 unspecified atom stereocenters. The molecular formula is C21H20N2O5S. The van der Waals surface area contributed by atoms with Gasteiger partial charge in [-0.05, 0) is 43.4 Å². The molecule has 1 aliphatic heterocycles. The minimum Gasteiger partial charge on any atom is -0.485 e. The van der Waals surface area contributed by atoms with Crippen molar-refractivity contribution in [1.29, 1.82) is 5.26 Å². The molecule has 8 heteroatoms. The molecule has 1 aromatic heterocycles. The van der Waals surface area contributed by atoms with Crippen LogP contribution in [0.25, 0.3) is 0 Å². The van der Waals surface area contributed by atoms with E-state index < -0.39 is 24.6 Å². The van der Waals surface area contributed by atoms with Gasteiger partial charge < -0.3 is 19.5 Å². The van der Waals surface area contributed by atoms with Crippen LogP contribution in [-0.4, -0.2) is 31.2 Å². The Morgan fingerprint density at radius 3 is 2.83 bits per heavy atom. The van der Waals surface area contributed by atoms with Crippen molar-refractivity contribution in [3.63, 3.8) is 0 Å². The summed E-state index contributed by atoms with van der Waals surface area (Å²) in [4.78, 5) is 25.7. The molecule has 1 amide bonds. The van der Waals surface area contributed by atoms with Crippen LogP contribution in [0.15, 0.2) is 24.3 Å². The number of ether oxygens (including phenoxy) is 3. The highest BCUT2D eigenvalue weighted by atomic mass is 32.1. The van der Waals surface area contributed by atoms with Gasteiger partial charge in [-0.25, -0.2) is 4.79 Å². The number of benzene rings is 1. The fourth-order valence-corrected chi connectivity index (χ4v) is 4.73. The van der Waals surface area contributed by atoms with Crippen LogP contribution < -0.4 is 14.8 Å². The van der Waals surface area contributed by atoms with Crippen molar-refractivity contribution in [2.24, 2.45) is 0 Å². The number of nitriles is 1. The zero-order valence-corrected chi connectivity index (χ0v) is 16.5. The highest BCUT2D eigenvalue weighted by Gasteiger charge is 2.29. The molecule has 0 bridgehead atoms. The summed E-state index contributed by atoms with van der Waals surface area (Å²) in [6.45, 7) is -0.429. The molecule has 150 valence electrons. The van der Waals surface area contributed by atoms with Gasteiger partial charge in [0.1, 0.15) is 17.7 Å². The summed E-state index contributed by atoms with van der Waals surface area (Å²) < 4.78 is 16.2. The molecule has 1 aliphatic carbocycles. The lowest BCUT2D eigenvalue weighted by Gasteiger charge is -2.24. The first kappa shape index (κ1) is 19.3. The van der Waals surface area contributed by atoms with Crippen LogP contribution >= 0.6 is 11.3 Å². The second-order valence-corrected chi connectivity index (χ2v) is 8.01. The van der Waals surface area contributed by atoms with Crippen LogP contribution in [0.4, 0.5) is 5.00 Å². The average molecular weight is 412 g/mol. The first-order valence-electron chi connectivity index (χ1n) is 9.55. The van der Waals surface area contributed by atoms with Crippen LogP contribution in [0.1, 0.15) is 35.3 Å². The van der Waals surface area contributed by atoms with Gasteiger partial charge in [-0.15, -0.1) is 11.3 Å². The number of aryl methyl sites for hydroxylation is 1. The first-order valence-corrected chi connectivity index (χ1v) is 10.4. The Hall–Kier alpha value is -3.05. The molecule has 1 N–H and O–H groups in total. The summed E-state index contributed by atoms with van der Waals surface area (Å²) in [5.41, 5.74) is 1.58. The number of esters is 1. The topological polar surface area (TPSA) is 97.7 Å². The molecule has 2 aliphatic rings. The highest BCUT2D eigenvalue weighted by Crippen LogP contribution is 2.37. The van der Waals surface area contributed by atoms with E-state index in [1.54, 1.807) is 18.2 Å². The molecule has 1 aromatic carbocycles. The van der Waals surface area contributed by atoms with E-state index in [0.717, 1.165) is 42.5 Å². The number of fused-ring (bicyclic) bond motifs is 2. The van der Waals surface area contributed by atoms with Crippen molar-refractivity contribution in [3.05, 3.63) is 40.3 Å². The van der Waals surface area contributed by atoms with E-state index in [2.05, 4.69) is 11.4 Å². The van der Waals surface area contributed by atoms with Crippen molar-refractivity contribution < 1.29 is 23.8 Å². The summed E-state index contributed by atoms with van der Waals surface area (Å²) in [5.74, 6) is -0.125. The standard InChI is InChI=1S/C21H20N2O5S/c22-10-14-13-6-2-1-3-9-18(13)29-20(14)23-19(24)12-27-21(25)17-11-26-15-7-4-5-8-16(15)28-17/h4-5,7-8,17H,1-3,6,9,11-12H2,(H,23,24). The quantitative estimate of drug-likeness (QED) is 0.612. The number of hydrogen-bond acceptors (Lipinski definition) is 7. The van der Waals surface area contributed by atoms with Crippen molar-refractivity contribution >= 4 is 28.2 Å². The number of hydrogen-bond donors (Lipinski definition) is 1. The molecular weight excluding hydrogens is 392 g/mol. The van der Waals surface area contributed by atoms with Crippen molar-refractivity contribution in [3.8, 4) is 17.6 Å². The Balaban J connectivity index is 1.34. The number of nitrogens with zero attached hydrogens (tertiary/aromatic N) is 1. The third-order valence-corrected chi connectivity index (χ3v) is 6.11. The third kappa shape index (κ3) is 4.20. The molecule has 29 heavy (non-hydrogen) atoms. The number of amides is 1. The zero-order chi connectivity index (χ0) is 20.2. The predicted molar refractivity (Wildman–Crippen MR) is 106 cm³/mol. The highest BCUT2D eigenvalue weighted by molar-refractivity contribution is 7.16. The number of carbonyl (C=O) groups is 2. The van der Waals surface area contributed by atoms with Crippen molar-refractivity contribution in [2.45, 2.75) is 38.2 Å². The van der Waals surface area contributed by atoms with Crippen LogP contribution in [0.5, 0.6) is 11.5 Å². The third-order valence-electron chi connectivity index (χ3n) is 4.90. The van der Waals surface area contributed by atoms with Gasteiger partial charge in [-0.3, -0.25) is 4.79 Å². The Labute approximate surface area is 172 Å². The Kier molecular flexibility index (Phi) is 5.67. The SMILES string of the molecule is N#Cc1c(NC(=O)COC(=O)C2COc3ccccc3O2)sc2c1CCCCC2. The first-order chi connectivity index (χ1) is 14.2. The van der Waals surface area contributed by atoms with Gasteiger partial charge in [0.05, 0.1) is 5.56 Å². The monoisotopic (exact) mass is 412 g/mol. The lowest BCUT2D eigenvalue weighted by Crippen LogP contribution is -2.39. The smallest absolute Gasteiger partial charge is 0.351 e. The molecule has 0 fully saturated rings. The summed E-state index contributed by atoms with van der Waals surface area (Å²) in [5, 5.41) is 12.8. The van der Waals surface area contributed by atoms with Crippen LogP contribution in [0.3, 0.4) is 0 Å². The lowest BCUT2D eigenvalue weighted by molar-refractivity contribution is -0.156. The van der Waals surface area contributed by atoms with Crippen molar-refractivity contribution in [2.75, 3.05) is 18.5 Å². The van der Waals surface area contributed by atoms with Crippen LogP contribution in [0.2, 0.25) is 0 Å². The number of nitrogens with one attached hydrogen (secondary N) is 1. The van der Waals surface area contributed by atoms with Crippen molar-refractivity contribution in [1.82, 2.24) is 0 Å². The lowest BCUT2D eigenvalue weighted by atomic mass is 10.1. The number of rotatable bonds is 4. The van der Waals surface area contributed by atoms with Gasteiger partial charge in [-0.1, -0.05) is 18.6 Å². The van der Waals surface area contributed by atoms with E-state index in [-0.39, 0.29) is 6.61 Å². The summed E-state index contributed by atoms with van der Waals surface area (Å²) in [7, 11) is 0. The molecule has 2 aromatic rings. The number of carbonyl (C=O) groups excluding carboxylic acids is 2. The second kappa shape index (κ2) is 8.53. The van der Waals surface area contributed by atoms with Gasteiger partial charge in [0.25, 0.3) is 5.91 Å². The molecule has 0 spiro atoms. The molecule has 0 saturated carbocycles. The minimum atomic E-state index is -0.926. The van der Waals surface area contributed by atoms with E-state index in [4.69, 9.17) is 14.2 Å². The molecule has 7 nitrogen and oxygen atoms in total. The molecule has 0 saturated heterocycles. The van der Waals surface area contributed by atoms with E-state index >= 15 is 0 Å². The van der Waals surface area contributed by atoms with E-state index in [1.165, 1.54) is 11.3 Å². The summed E-state index contributed by atoms with van der Waals surface area (Å²) in [6, 6.07) is 9.25. The van der Waals surface area contributed by atoms with E-state index in [9.17, 15) is 14.9 Å². The van der Waals surface area contributed by atoms with Crippen LogP contribution in [0, 0.1) is 11.3 Å². The normalized spacial score (nSPS) is 17.4. The van der Waals surface area contributed by atoms with Crippen LogP contribution in [-0.2, 0) is 27.2 Å². The Morgan fingerprint density at radius 1 is 1.21 bits per heavy atom. The average Bonchev–Trinajstić information content (AvgIpc) is 2.90. The fourth-order valence-electron chi connectivity index (χ4n) is 3.48. The predicted octanol–water partition coefficient (Wildman–Crippen LogP) is 3.21. The zero-order valence-electron chi connectivity index (χ0n) is 15.7. The van der Waals surface area contributed by atoms with Gasteiger partial charge >= 0.3 is 5.97 Å². The van der Waals surface area contributed by atoms with E-state index in [1.807, 2.05) is 6.07 Å². The molecule has 0 radical (unpaired) electrons. The fraction of sp³-hybridized carbons (Fsp3) is 0.381. The number of thiophene rings is 1. The van der Waals surface area contributed by atoms with Gasteiger partial charge in [-0.2, -0.15) is 5.26 Å². The molecule has 2 heterocycles. The minimum absolute atomic E-state index is 0.0215. The maximum Gasteiger partial charge on any atom is 0.351 e. The largest absolute Gasteiger partial charge is 0.485 e. The Bertz CT molecular complexity index is 978. The summed E-state index contributed by atoms with van der Waals surface area (Å²) in [6.07, 6.45) is 4.16. The number of anilines is 1. The molecule has 1 atom stereocenters.